The Labute approximate surface area is 116 Å². The normalized spacial score (nSPS) is 25.4. The molecule has 3 rings (SSSR count). The molecule has 2 heterocycles. The highest BCUT2D eigenvalue weighted by atomic mass is 16.4. The summed E-state index contributed by atoms with van der Waals surface area (Å²) >= 11 is 0. The number of rotatable bonds is 2. The molecule has 1 aromatic carbocycles. The van der Waals surface area contributed by atoms with Crippen LogP contribution in [0.2, 0.25) is 0 Å². The van der Waals surface area contributed by atoms with Crippen molar-refractivity contribution in [2.24, 2.45) is 11.0 Å². The molecule has 106 valence electrons. The molecule has 20 heavy (non-hydrogen) atoms. The molecule has 6 heteroatoms. The van der Waals surface area contributed by atoms with Crippen molar-refractivity contribution in [3.8, 4) is 0 Å². The number of fused-ring (bicyclic) bond motifs is 1. The maximum Gasteiger partial charge on any atom is 0.407 e. The van der Waals surface area contributed by atoms with Gasteiger partial charge in [-0.15, -0.1) is 0 Å². The van der Waals surface area contributed by atoms with Crippen molar-refractivity contribution in [2.45, 2.75) is 19.2 Å². The Hall–Kier alpha value is -2.08. The van der Waals surface area contributed by atoms with Crippen LogP contribution in [0, 0.1) is 5.92 Å². The summed E-state index contributed by atoms with van der Waals surface area (Å²) in [4.78, 5) is 12.4. The van der Waals surface area contributed by atoms with Gasteiger partial charge in [-0.25, -0.2) is 4.79 Å². The lowest BCUT2D eigenvalue weighted by Gasteiger charge is -2.31. The molecule has 2 atom stereocenters. The number of piperidine rings is 1. The van der Waals surface area contributed by atoms with Gasteiger partial charge in [-0.1, -0.05) is 30.3 Å². The van der Waals surface area contributed by atoms with Gasteiger partial charge in [-0.2, -0.15) is 5.10 Å². The van der Waals surface area contributed by atoms with E-state index < -0.39 is 12.3 Å². The van der Waals surface area contributed by atoms with Crippen molar-refractivity contribution < 1.29 is 15.0 Å². The highest BCUT2D eigenvalue weighted by molar-refractivity contribution is 5.90. The van der Waals surface area contributed by atoms with Crippen molar-refractivity contribution in [1.29, 1.82) is 0 Å². The van der Waals surface area contributed by atoms with Gasteiger partial charge in [0.1, 0.15) is 0 Å². The van der Waals surface area contributed by atoms with Crippen LogP contribution in [0.4, 0.5) is 4.79 Å². The average molecular weight is 275 g/mol. The number of carboxylic acid groups (broad SMARTS) is 1. The fourth-order valence-electron chi connectivity index (χ4n) is 2.76. The van der Waals surface area contributed by atoms with Crippen LogP contribution in [-0.2, 0) is 6.54 Å². The molecule has 0 radical (unpaired) electrons. The molecule has 6 nitrogen and oxygen atoms in total. The molecular weight excluding hydrogens is 258 g/mol. The highest BCUT2D eigenvalue weighted by Gasteiger charge is 2.40. The van der Waals surface area contributed by atoms with Gasteiger partial charge < -0.3 is 15.1 Å². The van der Waals surface area contributed by atoms with E-state index in [9.17, 15) is 9.90 Å². The molecule has 1 fully saturated rings. The highest BCUT2D eigenvalue weighted by Crippen LogP contribution is 2.28. The Bertz CT molecular complexity index is 532. The van der Waals surface area contributed by atoms with Gasteiger partial charge in [0.15, 0.2) is 6.23 Å². The van der Waals surface area contributed by atoms with E-state index in [1.54, 1.807) is 5.01 Å². The number of aliphatic hydroxyl groups is 1. The van der Waals surface area contributed by atoms with Crippen LogP contribution >= 0.6 is 0 Å². The van der Waals surface area contributed by atoms with Gasteiger partial charge in [0.25, 0.3) is 0 Å². The SMILES string of the molecule is O=C(O)N1CCC2=NN(Cc3ccccc3)C(O)C2C1. The first-order valence-electron chi connectivity index (χ1n) is 6.69. The standard InChI is InChI=1S/C14H17N3O3/c18-13-11-9-16(14(19)20)7-6-12(11)15-17(13)8-10-4-2-1-3-5-10/h1-5,11,13,18H,6-9H2,(H,19,20). The molecule has 0 aromatic heterocycles. The lowest BCUT2D eigenvalue weighted by molar-refractivity contribution is -0.0160. The molecule has 1 amide bonds. The van der Waals surface area contributed by atoms with Gasteiger partial charge >= 0.3 is 6.09 Å². The summed E-state index contributed by atoms with van der Waals surface area (Å²) in [5.74, 6) is -0.205. The minimum absolute atomic E-state index is 0.205. The predicted molar refractivity (Wildman–Crippen MR) is 73.1 cm³/mol. The van der Waals surface area contributed by atoms with E-state index >= 15 is 0 Å². The van der Waals surface area contributed by atoms with E-state index in [0.717, 1.165) is 11.3 Å². The summed E-state index contributed by atoms with van der Waals surface area (Å²) < 4.78 is 0. The van der Waals surface area contributed by atoms with Crippen LogP contribution in [-0.4, -0.2) is 51.2 Å². The molecule has 0 spiro atoms. The van der Waals surface area contributed by atoms with Gasteiger partial charge in [-0.05, 0) is 5.56 Å². The number of benzene rings is 1. The van der Waals surface area contributed by atoms with Crippen molar-refractivity contribution in [1.82, 2.24) is 9.91 Å². The van der Waals surface area contributed by atoms with E-state index in [-0.39, 0.29) is 5.92 Å². The van der Waals surface area contributed by atoms with E-state index in [1.165, 1.54) is 4.90 Å². The molecule has 0 bridgehead atoms. The lowest BCUT2D eigenvalue weighted by atomic mass is 9.95. The number of aliphatic hydroxyl groups excluding tert-OH is 1. The number of amides is 1. The summed E-state index contributed by atoms with van der Waals surface area (Å²) in [5.41, 5.74) is 1.98. The zero-order valence-electron chi connectivity index (χ0n) is 11.0. The zero-order valence-corrected chi connectivity index (χ0v) is 11.0. The number of hydrogen-bond donors (Lipinski definition) is 2. The maximum atomic E-state index is 11.0. The second-order valence-electron chi connectivity index (χ2n) is 5.17. The smallest absolute Gasteiger partial charge is 0.407 e. The minimum Gasteiger partial charge on any atom is -0.465 e. The second kappa shape index (κ2) is 5.13. The Morgan fingerprint density at radius 1 is 1.35 bits per heavy atom. The molecule has 2 unspecified atom stereocenters. The first-order chi connectivity index (χ1) is 9.65. The van der Waals surface area contributed by atoms with Gasteiger partial charge in [0.05, 0.1) is 12.5 Å². The van der Waals surface area contributed by atoms with Gasteiger partial charge in [0.2, 0.25) is 0 Å². The summed E-state index contributed by atoms with van der Waals surface area (Å²) in [6, 6.07) is 9.81. The summed E-state index contributed by atoms with van der Waals surface area (Å²) in [5, 5.41) is 25.5. The largest absolute Gasteiger partial charge is 0.465 e. The zero-order chi connectivity index (χ0) is 14.1. The number of hydrazone groups is 1. The maximum absolute atomic E-state index is 11.0. The Morgan fingerprint density at radius 3 is 2.80 bits per heavy atom. The minimum atomic E-state index is -0.933. The quantitative estimate of drug-likeness (QED) is 0.849. The molecule has 1 aromatic rings. The number of hydrogen-bond acceptors (Lipinski definition) is 4. The Balaban J connectivity index is 1.71. The van der Waals surface area contributed by atoms with Crippen molar-refractivity contribution in [2.75, 3.05) is 13.1 Å². The molecule has 2 N–H and O–H groups in total. The topological polar surface area (TPSA) is 76.4 Å². The Kier molecular flexibility index (Phi) is 3.31. The summed E-state index contributed by atoms with van der Waals surface area (Å²) in [6.45, 7) is 1.31. The third-order valence-electron chi connectivity index (χ3n) is 3.86. The van der Waals surface area contributed by atoms with Crippen LogP contribution < -0.4 is 0 Å². The number of nitrogens with zero attached hydrogens (tertiary/aromatic N) is 3. The summed E-state index contributed by atoms with van der Waals surface area (Å²) in [6.07, 6.45) is -1.08. The fraction of sp³-hybridized carbons (Fsp3) is 0.429. The fourth-order valence-corrected chi connectivity index (χ4v) is 2.76. The number of carbonyl (C=O) groups is 1. The first kappa shape index (κ1) is 12.9. The molecule has 0 saturated carbocycles. The Morgan fingerprint density at radius 2 is 2.10 bits per heavy atom. The van der Waals surface area contributed by atoms with Gasteiger partial charge in [-0.3, -0.25) is 5.01 Å². The third kappa shape index (κ3) is 2.34. The second-order valence-corrected chi connectivity index (χ2v) is 5.17. The van der Waals surface area contributed by atoms with E-state index in [1.807, 2.05) is 30.3 Å². The van der Waals surface area contributed by atoms with Crippen molar-refractivity contribution >= 4 is 11.8 Å². The lowest BCUT2D eigenvalue weighted by Crippen LogP contribution is -2.47. The molecule has 1 saturated heterocycles. The first-order valence-corrected chi connectivity index (χ1v) is 6.69. The molecule has 0 aliphatic carbocycles. The van der Waals surface area contributed by atoms with Crippen LogP contribution in [0.15, 0.2) is 35.4 Å². The van der Waals surface area contributed by atoms with Crippen molar-refractivity contribution in [3.63, 3.8) is 0 Å². The third-order valence-corrected chi connectivity index (χ3v) is 3.86. The summed E-state index contributed by atoms with van der Waals surface area (Å²) in [7, 11) is 0. The van der Waals surface area contributed by atoms with Gasteiger partial charge in [0, 0.05) is 25.2 Å². The average Bonchev–Trinajstić information content (AvgIpc) is 2.76. The van der Waals surface area contributed by atoms with E-state index in [4.69, 9.17) is 5.11 Å². The van der Waals surface area contributed by atoms with Crippen LogP contribution in [0.3, 0.4) is 0 Å². The van der Waals surface area contributed by atoms with Crippen molar-refractivity contribution in [3.05, 3.63) is 35.9 Å². The molecule has 2 aliphatic rings. The molecule has 2 aliphatic heterocycles. The number of likely N-dealkylation sites (tertiary alicyclic amines) is 1. The monoisotopic (exact) mass is 275 g/mol. The van der Waals surface area contributed by atoms with E-state index in [0.29, 0.717) is 26.1 Å². The van der Waals surface area contributed by atoms with E-state index in [2.05, 4.69) is 5.10 Å². The van der Waals surface area contributed by atoms with Crippen LogP contribution in [0.1, 0.15) is 12.0 Å². The van der Waals surface area contributed by atoms with Crippen LogP contribution in [0.25, 0.3) is 0 Å². The molecular formula is C14H17N3O3. The predicted octanol–water partition coefficient (Wildman–Crippen LogP) is 1.18. The van der Waals surface area contributed by atoms with Crippen LogP contribution in [0.5, 0.6) is 0 Å².